The van der Waals surface area contributed by atoms with E-state index in [9.17, 15) is 0 Å². The third-order valence-corrected chi connectivity index (χ3v) is 3.05. The van der Waals surface area contributed by atoms with E-state index in [-0.39, 0.29) is 5.92 Å². The van der Waals surface area contributed by atoms with Crippen molar-refractivity contribution in [2.75, 3.05) is 13.1 Å². The number of allylic oxidation sites excluding steroid dienone is 3. The van der Waals surface area contributed by atoms with E-state index in [1.165, 1.54) is 11.1 Å². The van der Waals surface area contributed by atoms with E-state index in [4.69, 9.17) is 19.0 Å². The zero-order chi connectivity index (χ0) is 15.5. The van der Waals surface area contributed by atoms with Gasteiger partial charge in [0.15, 0.2) is 7.98 Å². The van der Waals surface area contributed by atoms with Crippen LogP contribution in [-0.4, -0.2) is 25.9 Å². The predicted octanol–water partition coefficient (Wildman–Crippen LogP) is 3.07. The van der Waals surface area contributed by atoms with E-state index in [1.54, 1.807) is 4.81 Å². The first kappa shape index (κ1) is 18.5. The molecule has 2 radical (unpaired) electrons. The van der Waals surface area contributed by atoms with Gasteiger partial charge in [-0.15, -0.1) is 0 Å². The Balaban J connectivity index is 0.000000829. The second kappa shape index (κ2) is 10.3. The molecule has 1 unspecified atom stereocenters. The molecule has 0 fully saturated rings. The molecule has 1 heterocycles. The summed E-state index contributed by atoms with van der Waals surface area (Å²) in [6.45, 7) is 9.66. The van der Waals surface area contributed by atoms with Crippen molar-refractivity contribution < 1.29 is 0 Å². The van der Waals surface area contributed by atoms with Crippen molar-refractivity contribution in [1.82, 2.24) is 4.81 Å². The van der Waals surface area contributed by atoms with Gasteiger partial charge in [0.25, 0.3) is 0 Å². The van der Waals surface area contributed by atoms with Crippen LogP contribution in [0.2, 0.25) is 0 Å². The molecule has 20 heavy (non-hydrogen) atoms. The Kier molecular flexibility index (Phi) is 9.58. The summed E-state index contributed by atoms with van der Waals surface area (Å²) in [5.74, 6) is -0.186. The van der Waals surface area contributed by atoms with Gasteiger partial charge in [0.1, 0.15) is 0 Å². The summed E-state index contributed by atoms with van der Waals surface area (Å²) in [4.78, 5) is 1.80. The lowest BCUT2D eigenvalue weighted by molar-refractivity contribution is 0.476. The molecule has 0 aromatic rings. The Morgan fingerprint density at radius 2 is 1.90 bits per heavy atom. The maximum Gasteiger partial charge on any atom is 0.182 e. The molecule has 0 bridgehead atoms. The first-order valence-corrected chi connectivity index (χ1v) is 7.45. The molecule has 0 amide bonds. The minimum absolute atomic E-state index is 0.186. The molecule has 108 valence electrons. The topological polar surface area (TPSA) is 53.0 Å². The standard InChI is InChI=1S/C12H14BN3.2C2H6/c13-16-5-1-2-10(8-16)9-3-4-12(15)11(6-9)7-14;2*1-2/h2-4,11H,1,5-6,8,15H2;2*1-2H3. The zero-order valence-electron chi connectivity index (χ0n) is 13.2. The van der Waals surface area contributed by atoms with Crippen LogP contribution in [0.3, 0.4) is 0 Å². The van der Waals surface area contributed by atoms with Gasteiger partial charge in [-0.3, -0.25) is 0 Å². The summed E-state index contributed by atoms with van der Waals surface area (Å²) < 4.78 is 0. The number of hydrogen-bond donors (Lipinski definition) is 1. The number of rotatable bonds is 1. The van der Waals surface area contributed by atoms with Gasteiger partial charge in [0.2, 0.25) is 0 Å². The monoisotopic (exact) mass is 271 g/mol. The van der Waals surface area contributed by atoms with Gasteiger partial charge in [-0.05, 0) is 36.6 Å². The van der Waals surface area contributed by atoms with Crippen molar-refractivity contribution >= 4 is 7.98 Å². The van der Waals surface area contributed by atoms with E-state index in [2.05, 4.69) is 12.1 Å². The Hall–Kier alpha value is -1.47. The van der Waals surface area contributed by atoms with Crippen LogP contribution < -0.4 is 5.73 Å². The Bertz CT molecular complexity index is 416. The second-order valence-electron chi connectivity index (χ2n) is 4.23. The van der Waals surface area contributed by atoms with Crippen LogP contribution in [0.15, 0.2) is 35.1 Å². The largest absolute Gasteiger partial charge is 0.401 e. The number of hydrogen-bond acceptors (Lipinski definition) is 3. The number of nitrogens with two attached hydrogens (primary N) is 1. The lowest BCUT2D eigenvalue weighted by Gasteiger charge is -2.27. The Morgan fingerprint density at radius 3 is 2.45 bits per heavy atom. The summed E-state index contributed by atoms with van der Waals surface area (Å²) in [5, 5.41) is 8.98. The van der Waals surface area contributed by atoms with E-state index >= 15 is 0 Å². The highest BCUT2D eigenvalue weighted by atomic mass is 15.0. The van der Waals surface area contributed by atoms with E-state index in [1.807, 2.05) is 39.8 Å². The highest BCUT2D eigenvalue weighted by Crippen LogP contribution is 2.28. The maximum absolute atomic E-state index is 8.98. The molecule has 4 heteroatoms. The highest BCUT2D eigenvalue weighted by Gasteiger charge is 2.20. The fourth-order valence-corrected chi connectivity index (χ4v) is 2.08. The predicted molar refractivity (Wildman–Crippen MR) is 86.8 cm³/mol. The molecule has 3 nitrogen and oxygen atoms in total. The maximum atomic E-state index is 8.98. The fourth-order valence-electron chi connectivity index (χ4n) is 2.08. The van der Waals surface area contributed by atoms with Crippen LogP contribution >= 0.6 is 0 Å². The summed E-state index contributed by atoms with van der Waals surface area (Å²) in [6, 6.07) is 2.23. The lowest BCUT2D eigenvalue weighted by atomic mass is 9.86. The minimum atomic E-state index is -0.186. The van der Waals surface area contributed by atoms with Crippen molar-refractivity contribution in [2.45, 2.75) is 40.5 Å². The number of nitriles is 1. The van der Waals surface area contributed by atoms with Crippen molar-refractivity contribution in [3.63, 3.8) is 0 Å². The third kappa shape index (κ3) is 5.26. The van der Waals surface area contributed by atoms with Gasteiger partial charge in [-0.25, -0.2) is 0 Å². The van der Waals surface area contributed by atoms with Crippen LogP contribution in [0.1, 0.15) is 40.5 Å². The normalized spacial score (nSPS) is 21.8. The SMILES string of the molecule is CC.CC.[B]N1CCC=C(C2=CC=C(N)C(C#N)C2)C1. The van der Waals surface area contributed by atoms with Crippen LogP contribution in [0, 0.1) is 17.2 Å². The molecule has 1 aliphatic heterocycles. The van der Waals surface area contributed by atoms with Crippen LogP contribution in [0.4, 0.5) is 0 Å². The van der Waals surface area contributed by atoms with E-state index < -0.39 is 0 Å². The van der Waals surface area contributed by atoms with Gasteiger partial charge in [-0.2, -0.15) is 5.26 Å². The molecule has 0 aromatic heterocycles. The molecule has 0 aromatic carbocycles. The highest BCUT2D eigenvalue weighted by molar-refractivity contribution is 6.04. The molecular formula is C16H26BN3. The summed E-state index contributed by atoms with van der Waals surface area (Å²) in [5.41, 5.74) is 8.83. The van der Waals surface area contributed by atoms with Crippen LogP contribution in [-0.2, 0) is 0 Å². The van der Waals surface area contributed by atoms with Crippen molar-refractivity contribution in [1.29, 1.82) is 5.26 Å². The minimum Gasteiger partial charge on any atom is -0.401 e. The van der Waals surface area contributed by atoms with Gasteiger partial charge in [0, 0.05) is 12.2 Å². The van der Waals surface area contributed by atoms with Gasteiger partial charge in [0.05, 0.1) is 12.0 Å². The fraction of sp³-hybridized carbons (Fsp3) is 0.562. The van der Waals surface area contributed by atoms with E-state index in [0.29, 0.717) is 12.1 Å². The van der Waals surface area contributed by atoms with Crippen molar-refractivity contribution in [3.8, 4) is 6.07 Å². The van der Waals surface area contributed by atoms with Gasteiger partial charge < -0.3 is 10.5 Å². The average Bonchev–Trinajstić information content (AvgIpc) is 2.52. The first-order chi connectivity index (χ1) is 9.70. The second-order valence-corrected chi connectivity index (χ2v) is 4.23. The summed E-state index contributed by atoms with van der Waals surface area (Å²) in [7, 11) is 5.79. The third-order valence-electron chi connectivity index (χ3n) is 3.05. The molecule has 0 saturated heterocycles. The smallest absolute Gasteiger partial charge is 0.182 e. The molecule has 0 saturated carbocycles. The molecule has 2 aliphatic rings. The quantitative estimate of drug-likeness (QED) is 0.746. The molecule has 2 rings (SSSR count). The zero-order valence-corrected chi connectivity index (χ0v) is 13.2. The summed E-state index contributed by atoms with van der Waals surface area (Å²) in [6.07, 6.45) is 7.73. The molecule has 1 atom stereocenters. The summed E-state index contributed by atoms with van der Waals surface area (Å²) >= 11 is 0. The average molecular weight is 271 g/mol. The van der Waals surface area contributed by atoms with Crippen LogP contribution in [0.25, 0.3) is 0 Å². The van der Waals surface area contributed by atoms with Crippen molar-refractivity contribution in [3.05, 3.63) is 35.1 Å². The van der Waals surface area contributed by atoms with Gasteiger partial charge >= 0.3 is 0 Å². The molecule has 1 aliphatic carbocycles. The van der Waals surface area contributed by atoms with Gasteiger partial charge in [-0.1, -0.05) is 39.8 Å². The molecule has 0 spiro atoms. The molecular weight excluding hydrogens is 245 g/mol. The lowest BCUT2D eigenvalue weighted by Crippen LogP contribution is -2.28. The van der Waals surface area contributed by atoms with Crippen molar-refractivity contribution in [2.24, 2.45) is 11.7 Å². The van der Waals surface area contributed by atoms with Crippen LogP contribution in [0.5, 0.6) is 0 Å². The van der Waals surface area contributed by atoms with E-state index in [0.717, 1.165) is 19.5 Å². The Morgan fingerprint density at radius 1 is 1.25 bits per heavy atom. The molecule has 2 N–H and O–H groups in total. The Labute approximate surface area is 125 Å². The number of nitrogens with zero attached hydrogens (tertiary/aromatic N) is 2. The first-order valence-electron chi connectivity index (χ1n) is 7.45.